The lowest BCUT2D eigenvalue weighted by Gasteiger charge is -2.36. The third kappa shape index (κ3) is 3.36. The molecule has 2 N–H and O–H groups in total. The van der Waals surface area contributed by atoms with Crippen LogP contribution in [0.2, 0.25) is 0 Å². The van der Waals surface area contributed by atoms with E-state index in [0.717, 1.165) is 13.1 Å². The molecule has 168 valence electrons. The SMILES string of the molecule is C#Cc1c(F)ccc2cc(O)cc(-c3ncc4c(N5C[C@@H](C)N[C@@H](C)C5)nn(C)c4c3F)c12. The molecule has 3 heterocycles. The topological polar surface area (TPSA) is 66.2 Å². The van der Waals surface area contributed by atoms with Crippen molar-refractivity contribution in [1.82, 2.24) is 20.1 Å². The van der Waals surface area contributed by atoms with Crippen LogP contribution in [0.4, 0.5) is 14.6 Å². The van der Waals surface area contributed by atoms with E-state index in [4.69, 9.17) is 6.42 Å². The number of terminal acetylenes is 1. The second kappa shape index (κ2) is 7.71. The maximum atomic E-state index is 16.0. The van der Waals surface area contributed by atoms with Crippen molar-refractivity contribution < 1.29 is 13.9 Å². The predicted octanol–water partition coefficient (Wildman–Crippen LogP) is 3.94. The molecule has 33 heavy (non-hydrogen) atoms. The molecular weight excluding hydrogens is 424 g/mol. The maximum Gasteiger partial charge on any atom is 0.175 e. The Labute approximate surface area is 189 Å². The lowest BCUT2D eigenvalue weighted by atomic mass is 9.96. The van der Waals surface area contributed by atoms with Gasteiger partial charge < -0.3 is 15.3 Å². The standard InChI is InChI=1S/C25H23F2N5O/c1-5-17-20(26)7-6-15-8-16(33)9-18(21(15)17)23-22(27)24-19(10-28-23)25(30-31(24)4)32-11-13(2)29-14(3)12-32/h1,6-10,13-14,29,33H,11-12H2,2-4H3/t13-,14+. The Morgan fingerprint density at radius 1 is 1.18 bits per heavy atom. The number of aromatic hydroxyl groups is 1. The van der Waals surface area contributed by atoms with Crippen molar-refractivity contribution in [2.24, 2.45) is 7.05 Å². The zero-order valence-electron chi connectivity index (χ0n) is 18.5. The molecule has 0 unspecified atom stereocenters. The smallest absolute Gasteiger partial charge is 0.175 e. The Hall–Kier alpha value is -3.70. The van der Waals surface area contributed by atoms with E-state index < -0.39 is 11.6 Å². The molecule has 6 nitrogen and oxygen atoms in total. The molecule has 2 atom stereocenters. The van der Waals surface area contributed by atoms with Crippen LogP contribution in [-0.4, -0.2) is 45.0 Å². The number of piperazine rings is 1. The minimum Gasteiger partial charge on any atom is -0.508 e. The van der Waals surface area contributed by atoms with Gasteiger partial charge in [-0.05, 0) is 37.4 Å². The zero-order valence-corrected chi connectivity index (χ0v) is 18.5. The molecule has 1 aliphatic heterocycles. The summed E-state index contributed by atoms with van der Waals surface area (Å²) in [4.78, 5) is 6.54. The number of phenolic OH excluding ortho intramolecular Hbond substituents is 1. The number of fused-ring (bicyclic) bond motifs is 2. The fraction of sp³-hybridized carbons (Fsp3) is 0.280. The van der Waals surface area contributed by atoms with E-state index in [1.807, 2.05) is 0 Å². The summed E-state index contributed by atoms with van der Waals surface area (Å²) in [6.07, 6.45) is 7.15. The van der Waals surface area contributed by atoms with Crippen LogP contribution in [0.1, 0.15) is 19.4 Å². The molecule has 1 aliphatic rings. The second-order valence-electron chi connectivity index (χ2n) is 8.66. The molecule has 0 radical (unpaired) electrons. The normalized spacial score (nSPS) is 18.7. The van der Waals surface area contributed by atoms with Crippen LogP contribution >= 0.6 is 0 Å². The largest absolute Gasteiger partial charge is 0.508 e. The summed E-state index contributed by atoms with van der Waals surface area (Å²) < 4.78 is 31.9. The molecule has 5 rings (SSSR count). The first-order valence-electron chi connectivity index (χ1n) is 10.7. The molecule has 0 aliphatic carbocycles. The van der Waals surface area contributed by atoms with Gasteiger partial charge in [0, 0.05) is 49.4 Å². The van der Waals surface area contributed by atoms with Crippen LogP contribution in [-0.2, 0) is 7.05 Å². The first-order valence-corrected chi connectivity index (χ1v) is 10.7. The van der Waals surface area contributed by atoms with E-state index in [2.05, 4.69) is 40.1 Å². The zero-order chi connectivity index (χ0) is 23.4. The van der Waals surface area contributed by atoms with Gasteiger partial charge in [0.25, 0.3) is 0 Å². The minimum atomic E-state index is -0.607. The molecule has 0 bridgehead atoms. The number of halogens is 2. The molecule has 0 saturated carbocycles. The molecule has 1 saturated heterocycles. The van der Waals surface area contributed by atoms with Crippen molar-refractivity contribution in [3.63, 3.8) is 0 Å². The van der Waals surface area contributed by atoms with Crippen LogP contribution < -0.4 is 10.2 Å². The molecule has 1 fully saturated rings. The number of aromatic nitrogens is 3. The maximum absolute atomic E-state index is 16.0. The average Bonchev–Trinajstić information content (AvgIpc) is 3.10. The quantitative estimate of drug-likeness (QED) is 0.456. The van der Waals surface area contributed by atoms with E-state index in [0.29, 0.717) is 22.0 Å². The Morgan fingerprint density at radius 2 is 1.91 bits per heavy atom. The Bertz CT molecular complexity index is 1450. The van der Waals surface area contributed by atoms with Gasteiger partial charge in [0.1, 0.15) is 22.8 Å². The van der Waals surface area contributed by atoms with Crippen molar-refractivity contribution in [2.45, 2.75) is 25.9 Å². The number of hydrogen-bond donors (Lipinski definition) is 2. The Kier molecular flexibility index (Phi) is 4.94. The van der Waals surface area contributed by atoms with Crippen molar-refractivity contribution in [3.05, 3.63) is 47.7 Å². The van der Waals surface area contributed by atoms with Crippen molar-refractivity contribution in [2.75, 3.05) is 18.0 Å². The highest BCUT2D eigenvalue weighted by Crippen LogP contribution is 2.38. The number of rotatable bonds is 2. The second-order valence-corrected chi connectivity index (χ2v) is 8.66. The summed E-state index contributed by atoms with van der Waals surface area (Å²) in [6, 6.07) is 6.08. The monoisotopic (exact) mass is 447 g/mol. The van der Waals surface area contributed by atoms with Gasteiger partial charge >= 0.3 is 0 Å². The van der Waals surface area contributed by atoms with Crippen LogP contribution in [0.3, 0.4) is 0 Å². The summed E-state index contributed by atoms with van der Waals surface area (Å²) in [7, 11) is 1.68. The van der Waals surface area contributed by atoms with Crippen LogP contribution in [0.5, 0.6) is 5.75 Å². The number of phenols is 1. The fourth-order valence-electron chi connectivity index (χ4n) is 4.88. The van der Waals surface area contributed by atoms with Gasteiger partial charge in [0.2, 0.25) is 0 Å². The minimum absolute atomic E-state index is 0.00159. The first-order chi connectivity index (χ1) is 15.8. The summed E-state index contributed by atoms with van der Waals surface area (Å²) >= 11 is 0. The number of hydrogen-bond acceptors (Lipinski definition) is 5. The summed E-state index contributed by atoms with van der Waals surface area (Å²) in [5, 5.41) is 19.8. The number of nitrogens with zero attached hydrogens (tertiary/aromatic N) is 4. The van der Waals surface area contributed by atoms with Crippen LogP contribution in [0.15, 0.2) is 30.5 Å². The Balaban J connectivity index is 1.75. The molecule has 2 aromatic heterocycles. The summed E-state index contributed by atoms with van der Waals surface area (Å²) in [5.41, 5.74) is 0.480. The van der Waals surface area contributed by atoms with Gasteiger partial charge in [-0.1, -0.05) is 12.0 Å². The van der Waals surface area contributed by atoms with Gasteiger partial charge in [-0.15, -0.1) is 6.42 Å². The molecule has 4 aromatic rings. The average molecular weight is 447 g/mol. The summed E-state index contributed by atoms with van der Waals surface area (Å²) in [6.45, 7) is 5.67. The first kappa shape index (κ1) is 21.2. The van der Waals surface area contributed by atoms with Gasteiger partial charge in [0.05, 0.1) is 10.9 Å². The molecular formula is C25H23F2N5O. The number of pyridine rings is 1. The van der Waals surface area contributed by atoms with Gasteiger partial charge in [-0.25, -0.2) is 8.78 Å². The molecule has 0 amide bonds. The molecule has 2 aromatic carbocycles. The van der Waals surface area contributed by atoms with Crippen molar-refractivity contribution in [1.29, 1.82) is 0 Å². The fourth-order valence-corrected chi connectivity index (χ4v) is 4.88. The Morgan fingerprint density at radius 3 is 2.61 bits per heavy atom. The number of anilines is 1. The van der Waals surface area contributed by atoms with E-state index in [-0.39, 0.29) is 40.2 Å². The van der Waals surface area contributed by atoms with Crippen LogP contribution in [0, 0.1) is 24.0 Å². The highest BCUT2D eigenvalue weighted by Gasteiger charge is 2.27. The number of aryl methyl sites for hydroxylation is 1. The van der Waals surface area contributed by atoms with Crippen molar-refractivity contribution >= 4 is 27.5 Å². The lowest BCUT2D eigenvalue weighted by Crippen LogP contribution is -2.54. The van der Waals surface area contributed by atoms with Gasteiger partial charge in [-0.2, -0.15) is 5.10 Å². The van der Waals surface area contributed by atoms with Crippen LogP contribution in [0.25, 0.3) is 32.9 Å². The highest BCUT2D eigenvalue weighted by molar-refractivity contribution is 6.03. The van der Waals surface area contributed by atoms with E-state index in [1.54, 1.807) is 13.2 Å². The van der Waals surface area contributed by atoms with Crippen molar-refractivity contribution in [3.8, 4) is 29.4 Å². The van der Waals surface area contributed by atoms with E-state index >= 15 is 4.39 Å². The van der Waals surface area contributed by atoms with Gasteiger partial charge in [-0.3, -0.25) is 9.67 Å². The number of nitrogens with one attached hydrogen (secondary N) is 1. The lowest BCUT2D eigenvalue weighted by molar-refractivity contribution is 0.405. The highest BCUT2D eigenvalue weighted by atomic mass is 19.1. The van der Waals surface area contributed by atoms with E-state index in [9.17, 15) is 9.50 Å². The third-order valence-electron chi connectivity index (χ3n) is 6.11. The predicted molar refractivity (Wildman–Crippen MR) is 125 cm³/mol. The summed E-state index contributed by atoms with van der Waals surface area (Å²) in [5.74, 6) is 1.73. The molecule has 0 spiro atoms. The molecule has 8 heteroatoms. The third-order valence-corrected chi connectivity index (χ3v) is 6.11. The van der Waals surface area contributed by atoms with E-state index in [1.165, 1.54) is 28.9 Å². The number of benzene rings is 2. The van der Waals surface area contributed by atoms with Gasteiger partial charge in [0.15, 0.2) is 11.6 Å².